The lowest BCUT2D eigenvalue weighted by Gasteiger charge is -2.26. The Morgan fingerprint density at radius 3 is 3.00 bits per heavy atom. The lowest BCUT2D eigenvalue weighted by molar-refractivity contribution is -0.149. The maximum absolute atomic E-state index is 11.0. The van der Waals surface area contributed by atoms with Crippen molar-refractivity contribution < 1.29 is 18.8 Å². The van der Waals surface area contributed by atoms with Gasteiger partial charge in [-0.25, -0.2) is 0 Å². The van der Waals surface area contributed by atoms with Crippen LogP contribution in [-0.2, 0) is 20.3 Å². The highest BCUT2D eigenvalue weighted by Gasteiger charge is 2.25. The predicted octanol–water partition coefficient (Wildman–Crippen LogP) is -0.901. The first-order valence-electron chi connectivity index (χ1n) is 3.40. The van der Waals surface area contributed by atoms with Crippen LogP contribution >= 0.6 is 0 Å². The van der Waals surface area contributed by atoms with Gasteiger partial charge in [0.25, 0.3) is 0 Å². The smallest absolute Gasteiger partial charge is 0.169 e. The summed E-state index contributed by atoms with van der Waals surface area (Å²) in [4.78, 5) is 0. The van der Waals surface area contributed by atoms with Gasteiger partial charge in [0.2, 0.25) is 0 Å². The van der Waals surface area contributed by atoms with E-state index in [1.165, 1.54) is 7.11 Å². The molecule has 0 amide bonds. The molecule has 0 aliphatic carbocycles. The molecule has 1 heterocycles. The van der Waals surface area contributed by atoms with Crippen molar-refractivity contribution in [2.75, 3.05) is 25.2 Å². The Kier molecular flexibility index (Phi) is 3.45. The van der Waals surface area contributed by atoms with E-state index in [4.69, 9.17) is 14.6 Å². The molecule has 1 aliphatic heterocycles. The SMILES string of the molecule is CO[C@@H]1CS(=O)C[C@H](CO)O1. The van der Waals surface area contributed by atoms with Crippen LogP contribution in [0.3, 0.4) is 0 Å². The molecular weight excluding hydrogens is 168 g/mol. The van der Waals surface area contributed by atoms with Crippen molar-refractivity contribution in [1.82, 2.24) is 0 Å². The Morgan fingerprint density at radius 2 is 2.45 bits per heavy atom. The second-order valence-electron chi connectivity index (χ2n) is 2.38. The first kappa shape index (κ1) is 9.12. The molecule has 1 aliphatic rings. The van der Waals surface area contributed by atoms with E-state index in [9.17, 15) is 4.21 Å². The number of hydrogen-bond donors (Lipinski definition) is 1. The average molecular weight is 180 g/mol. The van der Waals surface area contributed by atoms with E-state index in [0.29, 0.717) is 11.5 Å². The molecule has 4 nitrogen and oxygen atoms in total. The third-order valence-corrected chi connectivity index (χ3v) is 2.89. The fraction of sp³-hybridized carbons (Fsp3) is 1.00. The molecule has 11 heavy (non-hydrogen) atoms. The fourth-order valence-electron chi connectivity index (χ4n) is 0.940. The fourth-order valence-corrected chi connectivity index (χ4v) is 2.19. The molecular formula is C6H12O4S. The molecule has 0 radical (unpaired) electrons. The molecule has 0 spiro atoms. The topological polar surface area (TPSA) is 55.8 Å². The number of rotatable bonds is 2. The highest BCUT2D eigenvalue weighted by Crippen LogP contribution is 2.10. The van der Waals surface area contributed by atoms with E-state index in [0.717, 1.165) is 0 Å². The molecule has 1 N–H and O–H groups in total. The number of hydrogen-bond acceptors (Lipinski definition) is 4. The molecule has 0 aromatic carbocycles. The van der Waals surface area contributed by atoms with Gasteiger partial charge in [-0.2, -0.15) is 0 Å². The van der Waals surface area contributed by atoms with Gasteiger partial charge in [-0.3, -0.25) is 4.21 Å². The lowest BCUT2D eigenvalue weighted by Crippen LogP contribution is -2.40. The zero-order valence-electron chi connectivity index (χ0n) is 6.36. The lowest BCUT2D eigenvalue weighted by atomic mass is 10.4. The Labute approximate surface area is 68.0 Å². The minimum atomic E-state index is -0.910. The number of methoxy groups -OCH3 is 1. The van der Waals surface area contributed by atoms with Crippen LogP contribution in [0.1, 0.15) is 0 Å². The first-order chi connectivity index (χ1) is 5.26. The van der Waals surface area contributed by atoms with Crippen molar-refractivity contribution in [3.8, 4) is 0 Å². The molecule has 1 fully saturated rings. The van der Waals surface area contributed by atoms with Gasteiger partial charge in [-0.15, -0.1) is 0 Å². The van der Waals surface area contributed by atoms with Crippen LogP contribution in [-0.4, -0.2) is 46.9 Å². The largest absolute Gasteiger partial charge is 0.394 e. The van der Waals surface area contributed by atoms with Crippen LogP contribution in [0, 0.1) is 0 Å². The summed E-state index contributed by atoms with van der Waals surface area (Å²) in [5, 5.41) is 8.71. The summed E-state index contributed by atoms with van der Waals surface area (Å²) in [6.45, 7) is -0.0917. The molecule has 0 bridgehead atoms. The third-order valence-electron chi connectivity index (χ3n) is 1.50. The Bertz CT molecular complexity index is 136. The predicted molar refractivity (Wildman–Crippen MR) is 40.6 cm³/mol. The average Bonchev–Trinajstić information content (AvgIpc) is 2.03. The first-order valence-corrected chi connectivity index (χ1v) is 4.89. The standard InChI is InChI=1S/C6H12O4S/c1-9-6-4-11(8)3-5(2-7)10-6/h5-7H,2-4H2,1H3/t5-,6-,11?/m0/s1. The van der Waals surface area contributed by atoms with Crippen molar-refractivity contribution in [3.05, 3.63) is 0 Å². The molecule has 1 rings (SSSR count). The van der Waals surface area contributed by atoms with Gasteiger partial charge in [0.15, 0.2) is 6.29 Å². The maximum Gasteiger partial charge on any atom is 0.169 e. The summed E-state index contributed by atoms with van der Waals surface area (Å²) in [5.74, 6) is 0.823. The van der Waals surface area contributed by atoms with Crippen molar-refractivity contribution in [2.24, 2.45) is 0 Å². The highest BCUT2D eigenvalue weighted by atomic mass is 32.2. The van der Waals surface area contributed by atoms with Crippen molar-refractivity contribution in [1.29, 1.82) is 0 Å². The molecule has 1 saturated heterocycles. The van der Waals surface area contributed by atoms with E-state index < -0.39 is 17.1 Å². The van der Waals surface area contributed by atoms with Crippen molar-refractivity contribution in [2.45, 2.75) is 12.4 Å². The number of ether oxygens (including phenoxy) is 2. The second kappa shape index (κ2) is 4.15. The van der Waals surface area contributed by atoms with E-state index in [-0.39, 0.29) is 12.7 Å². The summed E-state index contributed by atoms with van der Waals surface area (Å²) in [7, 11) is 0.592. The van der Waals surface area contributed by atoms with Crippen LogP contribution in [0.15, 0.2) is 0 Å². The Hall–Kier alpha value is 0.0300. The molecule has 3 atom stereocenters. The quantitative estimate of drug-likeness (QED) is 0.598. The molecule has 5 heteroatoms. The van der Waals surface area contributed by atoms with Crippen molar-refractivity contribution in [3.63, 3.8) is 0 Å². The van der Waals surface area contributed by atoms with Gasteiger partial charge in [-0.1, -0.05) is 0 Å². The summed E-state index contributed by atoms with van der Waals surface area (Å²) >= 11 is 0. The van der Waals surface area contributed by atoms with Gasteiger partial charge in [0.05, 0.1) is 24.2 Å². The second-order valence-corrected chi connectivity index (χ2v) is 3.93. The summed E-state index contributed by atoms with van der Waals surface area (Å²) < 4.78 is 21.1. The van der Waals surface area contributed by atoms with Gasteiger partial charge >= 0.3 is 0 Å². The van der Waals surface area contributed by atoms with Gasteiger partial charge in [0.1, 0.15) is 0 Å². The van der Waals surface area contributed by atoms with Gasteiger partial charge in [0, 0.05) is 17.9 Å². The van der Waals surface area contributed by atoms with E-state index in [1.54, 1.807) is 0 Å². The maximum atomic E-state index is 11.0. The van der Waals surface area contributed by atoms with Crippen LogP contribution in [0.25, 0.3) is 0 Å². The zero-order valence-corrected chi connectivity index (χ0v) is 7.17. The van der Waals surface area contributed by atoms with E-state index in [1.807, 2.05) is 0 Å². The van der Waals surface area contributed by atoms with E-state index >= 15 is 0 Å². The van der Waals surface area contributed by atoms with Gasteiger partial charge in [-0.05, 0) is 0 Å². The minimum Gasteiger partial charge on any atom is -0.394 e. The third kappa shape index (κ3) is 2.52. The molecule has 1 unspecified atom stereocenters. The molecule has 0 aromatic rings. The molecule has 0 aromatic heterocycles. The normalized spacial score (nSPS) is 38.9. The van der Waals surface area contributed by atoms with E-state index in [2.05, 4.69) is 0 Å². The van der Waals surface area contributed by atoms with Crippen LogP contribution in [0.2, 0.25) is 0 Å². The van der Waals surface area contributed by atoms with Crippen molar-refractivity contribution >= 4 is 10.8 Å². The van der Waals surface area contributed by atoms with Crippen LogP contribution < -0.4 is 0 Å². The van der Waals surface area contributed by atoms with Crippen LogP contribution in [0.5, 0.6) is 0 Å². The van der Waals surface area contributed by atoms with Crippen LogP contribution in [0.4, 0.5) is 0 Å². The monoisotopic (exact) mass is 180 g/mol. The molecule has 0 saturated carbocycles. The minimum absolute atomic E-state index is 0.0917. The zero-order chi connectivity index (χ0) is 8.27. The highest BCUT2D eigenvalue weighted by molar-refractivity contribution is 7.85. The summed E-state index contributed by atoms with van der Waals surface area (Å²) in [6, 6.07) is 0. The Morgan fingerprint density at radius 1 is 1.73 bits per heavy atom. The summed E-state index contributed by atoms with van der Waals surface area (Å²) in [6.07, 6.45) is -0.740. The van der Waals surface area contributed by atoms with Gasteiger partial charge < -0.3 is 14.6 Å². The summed E-state index contributed by atoms with van der Waals surface area (Å²) in [5.41, 5.74) is 0. The number of aliphatic hydroxyl groups excluding tert-OH is 1. The Balaban J connectivity index is 2.43. The molecule has 66 valence electrons. The number of aliphatic hydroxyl groups is 1.